The number of rotatable bonds is 11. The molecule has 0 fully saturated rings. The molecule has 0 aliphatic rings. The molecule has 0 bridgehead atoms. The summed E-state index contributed by atoms with van der Waals surface area (Å²) in [6.45, 7) is 6.08. The number of halogens is 2. The number of nitrogens with zero attached hydrogens (tertiary/aromatic N) is 1. The monoisotopic (exact) mass is 540 g/mol. The van der Waals surface area contributed by atoms with Crippen LogP contribution in [0.1, 0.15) is 11.1 Å². The molecule has 0 aliphatic carbocycles. The van der Waals surface area contributed by atoms with Crippen LogP contribution in [0.2, 0.25) is 10.0 Å². The first kappa shape index (κ1) is 27.6. The Hall–Kier alpha value is -2.99. The van der Waals surface area contributed by atoms with Crippen molar-refractivity contribution in [3.05, 3.63) is 112 Å². The first-order chi connectivity index (χ1) is 17.4. The van der Waals surface area contributed by atoms with Crippen LogP contribution < -0.4 is 14.8 Å². The lowest BCUT2D eigenvalue weighted by atomic mass is 10.2. The Bertz CT molecular complexity index is 1130. The summed E-state index contributed by atoms with van der Waals surface area (Å²) >= 11 is 17.8. The van der Waals surface area contributed by atoms with Gasteiger partial charge in [0, 0.05) is 28.8 Å². The van der Waals surface area contributed by atoms with Crippen LogP contribution in [-0.4, -0.2) is 36.3 Å². The van der Waals surface area contributed by atoms with Crippen molar-refractivity contribution in [1.29, 1.82) is 0 Å². The molecule has 3 aromatic carbocycles. The summed E-state index contributed by atoms with van der Waals surface area (Å²) in [7, 11) is 0. The molecule has 0 unspecified atom stereocenters. The summed E-state index contributed by atoms with van der Waals surface area (Å²) in [5.74, 6) is 1.58. The number of nitrogens with one attached hydrogen (secondary N) is 1. The molecular formula is C29H30Cl2N2O2S. The summed E-state index contributed by atoms with van der Waals surface area (Å²) in [6, 6.07) is 21.2. The SMILES string of the molecule is Cc1cc(OC/C=C/CN(C/C=C/COc2ccc(Cl)c(C)c2)C(=S)Nc2ccccc2)ccc1Cl. The number of para-hydroxylation sites is 1. The minimum Gasteiger partial charge on any atom is -0.490 e. The standard InChI is InChI=1S/C29H30Cl2N2O2S/c1-22-20-25(12-14-27(22)30)34-18-8-6-16-33(29(36)32-24-10-4-3-5-11-24)17-7-9-19-35-26-13-15-28(31)23(2)21-26/h3-15,20-21H,16-19H2,1-2H3,(H,32,36)/b8-6+,9-7+. The third-order valence-corrected chi connectivity index (χ3v) is 6.46. The molecule has 188 valence electrons. The molecule has 1 N–H and O–H groups in total. The number of thiocarbonyl (C=S) groups is 1. The second-order valence-electron chi connectivity index (χ2n) is 8.09. The van der Waals surface area contributed by atoms with Crippen molar-refractivity contribution < 1.29 is 9.47 Å². The van der Waals surface area contributed by atoms with Crippen LogP contribution in [0.15, 0.2) is 91.0 Å². The lowest BCUT2D eigenvalue weighted by Gasteiger charge is -2.23. The van der Waals surface area contributed by atoms with E-state index >= 15 is 0 Å². The van der Waals surface area contributed by atoms with Crippen LogP contribution in [0, 0.1) is 13.8 Å². The van der Waals surface area contributed by atoms with Gasteiger partial charge < -0.3 is 19.7 Å². The second-order valence-corrected chi connectivity index (χ2v) is 9.29. The fourth-order valence-corrected chi connectivity index (χ4v) is 3.71. The maximum atomic E-state index is 6.08. The molecule has 0 radical (unpaired) electrons. The zero-order valence-corrected chi connectivity index (χ0v) is 22.7. The van der Waals surface area contributed by atoms with Crippen molar-refractivity contribution >= 4 is 46.2 Å². The van der Waals surface area contributed by atoms with Crippen LogP contribution in [-0.2, 0) is 0 Å². The van der Waals surface area contributed by atoms with Crippen molar-refractivity contribution in [2.45, 2.75) is 13.8 Å². The molecular weight excluding hydrogens is 511 g/mol. The van der Waals surface area contributed by atoms with Gasteiger partial charge in [-0.15, -0.1) is 0 Å². The Morgan fingerprint density at radius 1 is 0.778 bits per heavy atom. The molecule has 0 atom stereocenters. The number of ether oxygens (including phenoxy) is 2. The highest BCUT2D eigenvalue weighted by Gasteiger charge is 2.07. The van der Waals surface area contributed by atoms with Gasteiger partial charge in [0.15, 0.2) is 5.11 Å². The molecule has 7 heteroatoms. The first-order valence-corrected chi connectivity index (χ1v) is 12.8. The highest BCUT2D eigenvalue weighted by molar-refractivity contribution is 7.80. The Labute approximate surface area is 229 Å². The molecule has 0 amide bonds. The van der Waals surface area contributed by atoms with Crippen LogP contribution in [0.4, 0.5) is 5.69 Å². The van der Waals surface area contributed by atoms with Gasteiger partial charge in [0.2, 0.25) is 0 Å². The number of anilines is 1. The van der Waals surface area contributed by atoms with Gasteiger partial charge in [0.05, 0.1) is 0 Å². The fourth-order valence-electron chi connectivity index (χ4n) is 3.21. The van der Waals surface area contributed by atoms with Crippen LogP contribution in [0.5, 0.6) is 11.5 Å². The van der Waals surface area contributed by atoms with E-state index in [1.807, 2.05) is 105 Å². The van der Waals surface area contributed by atoms with Gasteiger partial charge in [0.1, 0.15) is 24.7 Å². The van der Waals surface area contributed by atoms with Gasteiger partial charge in [-0.2, -0.15) is 0 Å². The Kier molecular flexibility index (Phi) is 11.1. The third kappa shape index (κ3) is 9.23. The van der Waals surface area contributed by atoms with Gasteiger partial charge in [0.25, 0.3) is 0 Å². The molecule has 0 aromatic heterocycles. The molecule has 0 heterocycles. The van der Waals surface area contributed by atoms with Gasteiger partial charge in [-0.1, -0.05) is 53.6 Å². The molecule has 0 aliphatic heterocycles. The zero-order chi connectivity index (χ0) is 25.8. The van der Waals surface area contributed by atoms with E-state index in [9.17, 15) is 0 Å². The summed E-state index contributed by atoms with van der Waals surface area (Å²) in [6.07, 6.45) is 8.06. The predicted molar refractivity (Wildman–Crippen MR) is 156 cm³/mol. The molecule has 3 aromatic rings. The quantitative estimate of drug-likeness (QED) is 0.197. The maximum Gasteiger partial charge on any atom is 0.173 e. The number of benzene rings is 3. The third-order valence-electron chi connectivity index (χ3n) is 5.25. The lowest BCUT2D eigenvalue weighted by molar-refractivity contribution is 0.361. The largest absolute Gasteiger partial charge is 0.490 e. The minimum atomic E-state index is 0.456. The maximum absolute atomic E-state index is 6.08. The number of hydrogen-bond donors (Lipinski definition) is 1. The Morgan fingerprint density at radius 3 is 1.75 bits per heavy atom. The normalized spacial score (nSPS) is 11.1. The Morgan fingerprint density at radius 2 is 1.28 bits per heavy atom. The number of hydrogen-bond acceptors (Lipinski definition) is 3. The molecule has 0 saturated heterocycles. The molecule has 0 spiro atoms. The highest BCUT2D eigenvalue weighted by atomic mass is 35.5. The lowest BCUT2D eigenvalue weighted by Crippen LogP contribution is -2.35. The van der Waals surface area contributed by atoms with Crippen LogP contribution >= 0.6 is 35.4 Å². The van der Waals surface area contributed by atoms with Crippen molar-refractivity contribution in [3.8, 4) is 11.5 Å². The first-order valence-electron chi connectivity index (χ1n) is 11.6. The van der Waals surface area contributed by atoms with E-state index < -0.39 is 0 Å². The summed E-state index contributed by atoms with van der Waals surface area (Å²) in [4.78, 5) is 2.06. The smallest absolute Gasteiger partial charge is 0.173 e. The molecule has 0 saturated carbocycles. The van der Waals surface area contributed by atoms with Gasteiger partial charge in [-0.3, -0.25) is 0 Å². The predicted octanol–water partition coefficient (Wildman–Crippen LogP) is 7.88. The van der Waals surface area contributed by atoms with E-state index in [0.717, 1.165) is 38.4 Å². The van der Waals surface area contributed by atoms with E-state index in [2.05, 4.69) is 10.2 Å². The summed E-state index contributed by atoms with van der Waals surface area (Å²) < 4.78 is 11.6. The zero-order valence-electron chi connectivity index (χ0n) is 20.4. The van der Waals surface area contributed by atoms with Crippen molar-refractivity contribution in [2.75, 3.05) is 31.6 Å². The molecule has 36 heavy (non-hydrogen) atoms. The second kappa shape index (κ2) is 14.5. The van der Waals surface area contributed by atoms with E-state index in [1.54, 1.807) is 0 Å². The van der Waals surface area contributed by atoms with Gasteiger partial charge >= 0.3 is 0 Å². The molecule has 4 nitrogen and oxygen atoms in total. The van der Waals surface area contributed by atoms with Crippen molar-refractivity contribution in [2.24, 2.45) is 0 Å². The highest BCUT2D eigenvalue weighted by Crippen LogP contribution is 2.22. The average molecular weight is 542 g/mol. The van der Waals surface area contributed by atoms with Crippen molar-refractivity contribution in [3.63, 3.8) is 0 Å². The topological polar surface area (TPSA) is 33.7 Å². The van der Waals surface area contributed by atoms with E-state index in [-0.39, 0.29) is 0 Å². The average Bonchev–Trinajstić information content (AvgIpc) is 2.87. The van der Waals surface area contributed by atoms with Crippen LogP contribution in [0.3, 0.4) is 0 Å². The van der Waals surface area contributed by atoms with E-state index in [1.165, 1.54) is 0 Å². The summed E-state index contributed by atoms with van der Waals surface area (Å²) in [5, 5.41) is 5.40. The van der Waals surface area contributed by atoms with Gasteiger partial charge in [-0.25, -0.2) is 0 Å². The minimum absolute atomic E-state index is 0.456. The van der Waals surface area contributed by atoms with Crippen LogP contribution in [0.25, 0.3) is 0 Å². The Balaban J connectivity index is 1.53. The fraction of sp³-hybridized carbons (Fsp3) is 0.207. The molecule has 3 rings (SSSR count). The van der Waals surface area contributed by atoms with E-state index in [0.29, 0.717) is 31.4 Å². The van der Waals surface area contributed by atoms with E-state index in [4.69, 9.17) is 44.9 Å². The number of aryl methyl sites for hydroxylation is 2. The van der Waals surface area contributed by atoms with Gasteiger partial charge in [-0.05, 0) is 97.9 Å². The van der Waals surface area contributed by atoms with Crippen molar-refractivity contribution in [1.82, 2.24) is 4.90 Å². The summed E-state index contributed by atoms with van der Waals surface area (Å²) in [5.41, 5.74) is 2.93.